The average molecular weight is 345 g/mol. The van der Waals surface area contributed by atoms with Gasteiger partial charge >= 0.3 is 6.18 Å². The highest BCUT2D eigenvalue weighted by molar-refractivity contribution is 6.33. The number of alkyl halides is 3. The van der Waals surface area contributed by atoms with Crippen molar-refractivity contribution in [3.63, 3.8) is 0 Å². The molecule has 1 aliphatic heterocycles. The van der Waals surface area contributed by atoms with Crippen LogP contribution in [0.5, 0.6) is 11.5 Å². The van der Waals surface area contributed by atoms with E-state index in [1.165, 1.54) is 12.1 Å². The summed E-state index contributed by atoms with van der Waals surface area (Å²) in [6, 6.07) is 5.19. The molecule has 1 aliphatic rings. The van der Waals surface area contributed by atoms with Crippen LogP contribution in [0.25, 0.3) is 0 Å². The molecule has 120 valence electrons. The van der Waals surface area contributed by atoms with Crippen LogP contribution in [-0.4, -0.2) is 17.7 Å². The first-order valence-corrected chi connectivity index (χ1v) is 6.66. The van der Waals surface area contributed by atoms with Gasteiger partial charge in [0.25, 0.3) is 5.91 Å². The highest BCUT2D eigenvalue weighted by Gasteiger charge is 2.31. The molecule has 0 bridgehead atoms. The summed E-state index contributed by atoms with van der Waals surface area (Å²) in [4.78, 5) is 15.7. The Labute approximate surface area is 133 Å². The Bertz CT molecular complexity index is 780. The van der Waals surface area contributed by atoms with E-state index in [0.29, 0.717) is 23.8 Å². The molecule has 0 saturated heterocycles. The molecule has 5 nitrogen and oxygen atoms in total. The molecule has 2 aromatic rings. The molecule has 3 rings (SSSR count). The zero-order valence-corrected chi connectivity index (χ0v) is 12.0. The van der Waals surface area contributed by atoms with Gasteiger partial charge in [-0.05, 0) is 24.3 Å². The number of anilines is 1. The Morgan fingerprint density at radius 1 is 1.22 bits per heavy atom. The molecule has 2 heterocycles. The summed E-state index contributed by atoms with van der Waals surface area (Å²) < 4.78 is 47.9. The second-order valence-electron chi connectivity index (χ2n) is 4.57. The second-order valence-corrected chi connectivity index (χ2v) is 4.98. The van der Waals surface area contributed by atoms with E-state index in [1.807, 2.05) is 0 Å². The van der Waals surface area contributed by atoms with Gasteiger partial charge in [0.15, 0.2) is 17.3 Å². The fourth-order valence-corrected chi connectivity index (χ4v) is 2.12. The summed E-state index contributed by atoms with van der Waals surface area (Å²) in [5.74, 6) is 0.163. The lowest BCUT2D eigenvalue weighted by Crippen LogP contribution is -2.14. The lowest BCUT2D eigenvalue weighted by Gasteiger charge is -2.10. The number of carbonyl (C=O) groups excluding carboxylic acids is 1. The van der Waals surface area contributed by atoms with Gasteiger partial charge in [-0.2, -0.15) is 13.2 Å². The topological polar surface area (TPSA) is 60.5 Å². The Morgan fingerprint density at radius 3 is 2.65 bits per heavy atom. The third-order valence-electron chi connectivity index (χ3n) is 3.04. The van der Waals surface area contributed by atoms with Crippen LogP contribution < -0.4 is 14.8 Å². The molecule has 9 heteroatoms. The molecule has 0 spiro atoms. The summed E-state index contributed by atoms with van der Waals surface area (Å²) >= 11 is 5.74. The molecule has 0 saturated carbocycles. The number of hydrogen-bond acceptors (Lipinski definition) is 4. The normalized spacial score (nSPS) is 13.0. The van der Waals surface area contributed by atoms with Crippen LogP contribution in [-0.2, 0) is 6.18 Å². The number of halogens is 4. The standard InChI is InChI=1S/C14H8ClF3N2O3/c15-9-4-8(14(16,17)18)5-19-12(9)20-13(21)7-1-2-10-11(3-7)23-6-22-10/h1-5H,6H2,(H,19,20,21). The quantitative estimate of drug-likeness (QED) is 0.901. The number of amides is 1. The van der Waals surface area contributed by atoms with Crippen LogP contribution in [0.2, 0.25) is 5.02 Å². The van der Waals surface area contributed by atoms with Crippen molar-refractivity contribution in [2.45, 2.75) is 6.18 Å². The number of benzene rings is 1. The second kappa shape index (κ2) is 5.62. The van der Waals surface area contributed by atoms with Gasteiger partial charge in [-0.1, -0.05) is 11.6 Å². The van der Waals surface area contributed by atoms with Gasteiger partial charge < -0.3 is 14.8 Å². The molecule has 0 unspecified atom stereocenters. The van der Waals surface area contributed by atoms with E-state index in [-0.39, 0.29) is 23.2 Å². The van der Waals surface area contributed by atoms with E-state index in [4.69, 9.17) is 21.1 Å². The Morgan fingerprint density at radius 2 is 1.96 bits per heavy atom. The van der Waals surface area contributed by atoms with Crippen molar-refractivity contribution < 1.29 is 27.4 Å². The lowest BCUT2D eigenvalue weighted by molar-refractivity contribution is -0.137. The van der Waals surface area contributed by atoms with E-state index in [9.17, 15) is 18.0 Å². The van der Waals surface area contributed by atoms with Crippen molar-refractivity contribution in [1.29, 1.82) is 0 Å². The first-order valence-electron chi connectivity index (χ1n) is 6.28. The SMILES string of the molecule is O=C(Nc1ncc(C(F)(F)F)cc1Cl)c1ccc2c(c1)OCO2. The molecule has 1 amide bonds. The number of hydrogen-bond donors (Lipinski definition) is 1. The molecular formula is C14H8ClF3N2O3. The van der Waals surface area contributed by atoms with Crippen molar-refractivity contribution in [3.05, 3.63) is 46.6 Å². The summed E-state index contributed by atoms with van der Waals surface area (Å²) in [6.45, 7) is 0.0622. The van der Waals surface area contributed by atoms with E-state index < -0.39 is 17.6 Å². The number of fused-ring (bicyclic) bond motifs is 1. The van der Waals surface area contributed by atoms with Gasteiger partial charge in [0.2, 0.25) is 6.79 Å². The Hall–Kier alpha value is -2.48. The van der Waals surface area contributed by atoms with Gasteiger partial charge in [-0.15, -0.1) is 0 Å². The van der Waals surface area contributed by atoms with Gasteiger partial charge in [0, 0.05) is 11.8 Å². The molecule has 1 aromatic heterocycles. The van der Waals surface area contributed by atoms with Crippen LogP contribution in [0.3, 0.4) is 0 Å². The van der Waals surface area contributed by atoms with Crippen LogP contribution in [0.4, 0.5) is 19.0 Å². The number of ether oxygens (including phenoxy) is 2. The van der Waals surface area contributed by atoms with Crippen LogP contribution in [0.1, 0.15) is 15.9 Å². The summed E-state index contributed by atoms with van der Waals surface area (Å²) in [7, 11) is 0. The van der Waals surface area contributed by atoms with E-state index in [2.05, 4.69) is 10.3 Å². The summed E-state index contributed by atoms with van der Waals surface area (Å²) in [5.41, 5.74) is -0.768. The number of carbonyl (C=O) groups is 1. The van der Waals surface area contributed by atoms with E-state index >= 15 is 0 Å². The Kier molecular flexibility index (Phi) is 3.77. The molecular weight excluding hydrogens is 337 g/mol. The van der Waals surface area contributed by atoms with Crippen molar-refractivity contribution in [2.24, 2.45) is 0 Å². The van der Waals surface area contributed by atoms with Gasteiger partial charge in [-0.3, -0.25) is 4.79 Å². The van der Waals surface area contributed by atoms with Crippen LogP contribution >= 0.6 is 11.6 Å². The fourth-order valence-electron chi connectivity index (χ4n) is 1.90. The van der Waals surface area contributed by atoms with E-state index in [1.54, 1.807) is 6.07 Å². The van der Waals surface area contributed by atoms with Gasteiger partial charge in [0.05, 0.1) is 10.6 Å². The van der Waals surface area contributed by atoms with Crippen molar-refractivity contribution in [1.82, 2.24) is 4.98 Å². The number of aromatic nitrogens is 1. The minimum Gasteiger partial charge on any atom is -0.454 e. The molecule has 0 radical (unpaired) electrons. The molecule has 0 aliphatic carbocycles. The maximum absolute atomic E-state index is 12.5. The largest absolute Gasteiger partial charge is 0.454 e. The average Bonchev–Trinajstić information content (AvgIpc) is 2.95. The maximum atomic E-state index is 12.5. The fraction of sp³-hybridized carbons (Fsp3) is 0.143. The number of rotatable bonds is 2. The first kappa shape index (κ1) is 15.4. The molecule has 0 atom stereocenters. The number of nitrogens with one attached hydrogen (secondary N) is 1. The third-order valence-corrected chi connectivity index (χ3v) is 3.32. The molecule has 1 aromatic carbocycles. The third kappa shape index (κ3) is 3.16. The minimum atomic E-state index is -4.56. The molecule has 0 fully saturated rings. The molecule has 1 N–H and O–H groups in total. The smallest absolute Gasteiger partial charge is 0.417 e. The predicted molar refractivity (Wildman–Crippen MR) is 74.8 cm³/mol. The monoisotopic (exact) mass is 344 g/mol. The molecule has 23 heavy (non-hydrogen) atoms. The minimum absolute atomic E-state index is 0.0622. The number of nitrogens with zero attached hydrogens (tertiary/aromatic N) is 1. The number of pyridine rings is 1. The zero-order valence-electron chi connectivity index (χ0n) is 11.3. The highest BCUT2D eigenvalue weighted by atomic mass is 35.5. The van der Waals surface area contributed by atoms with Crippen molar-refractivity contribution in [3.8, 4) is 11.5 Å². The van der Waals surface area contributed by atoms with Crippen LogP contribution in [0.15, 0.2) is 30.5 Å². The highest BCUT2D eigenvalue weighted by Crippen LogP contribution is 2.34. The first-order chi connectivity index (χ1) is 10.8. The predicted octanol–water partition coefficient (Wildman–Crippen LogP) is 3.73. The van der Waals surface area contributed by atoms with Crippen molar-refractivity contribution >= 4 is 23.3 Å². The van der Waals surface area contributed by atoms with Crippen LogP contribution in [0, 0.1) is 0 Å². The maximum Gasteiger partial charge on any atom is 0.417 e. The van der Waals surface area contributed by atoms with Crippen molar-refractivity contribution in [2.75, 3.05) is 12.1 Å². The van der Waals surface area contributed by atoms with E-state index in [0.717, 1.165) is 0 Å². The van der Waals surface area contributed by atoms with Gasteiger partial charge in [0.1, 0.15) is 0 Å². The Balaban J connectivity index is 1.80. The zero-order chi connectivity index (χ0) is 16.6. The summed E-state index contributed by atoms with van der Waals surface area (Å²) in [5, 5.41) is 2.04. The lowest BCUT2D eigenvalue weighted by atomic mass is 10.2. The summed E-state index contributed by atoms with van der Waals surface area (Å²) in [6.07, 6.45) is -3.96. The van der Waals surface area contributed by atoms with Gasteiger partial charge in [-0.25, -0.2) is 4.98 Å².